The first kappa shape index (κ1) is 13.4. The van der Waals surface area contributed by atoms with E-state index in [-0.39, 0.29) is 30.3 Å². The van der Waals surface area contributed by atoms with E-state index >= 15 is 0 Å². The Labute approximate surface area is 108 Å². The van der Waals surface area contributed by atoms with Crippen LogP contribution in [0, 0.1) is 5.82 Å². The van der Waals surface area contributed by atoms with E-state index in [1.807, 2.05) is 0 Å². The summed E-state index contributed by atoms with van der Waals surface area (Å²) in [5.74, 6) is -1.72. The monoisotopic (exact) mass is 271 g/mol. The Hall–Kier alpha value is -2.02. The number of nitrogens with two attached hydrogens (primary N) is 1. The van der Waals surface area contributed by atoms with Gasteiger partial charge in [0.05, 0.1) is 7.11 Å². The molecule has 0 saturated heterocycles. The van der Waals surface area contributed by atoms with Gasteiger partial charge in [-0.2, -0.15) is 4.39 Å². The molecule has 1 atom stereocenters. The fourth-order valence-electron chi connectivity index (χ4n) is 1.88. The first-order chi connectivity index (χ1) is 9.04. The van der Waals surface area contributed by atoms with Gasteiger partial charge in [0.25, 0.3) is 0 Å². The number of rotatable bonds is 4. The SMILES string of the molecule is COc1c(CC(N)C(=O)O)cc2c(c1F)OCCO2. The zero-order valence-electron chi connectivity index (χ0n) is 10.3. The number of fused-ring (bicyclic) bond motifs is 1. The van der Waals surface area contributed by atoms with E-state index in [0.29, 0.717) is 12.2 Å². The first-order valence-electron chi connectivity index (χ1n) is 5.68. The summed E-state index contributed by atoms with van der Waals surface area (Å²) < 4.78 is 29.6. The van der Waals surface area contributed by atoms with Gasteiger partial charge in [0.2, 0.25) is 11.6 Å². The van der Waals surface area contributed by atoms with Crippen LogP contribution in [0.15, 0.2) is 6.07 Å². The van der Waals surface area contributed by atoms with Gasteiger partial charge in [-0.1, -0.05) is 0 Å². The molecule has 0 aliphatic carbocycles. The molecule has 0 bridgehead atoms. The average Bonchev–Trinajstić information content (AvgIpc) is 2.39. The van der Waals surface area contributed by atoms with Crippen molar-refractivity contribution in [2.75, 3.05) is 20.3 Å². The van der Waals surface area contributed by atoms with Gasteiger partial charge in [-0.15, -0.1) is 0 Å². The van der Waals surface area contributed by atoms with Crippen LogP contribution in [0.1, 0.15) is 5.56 Å². The topological polar surface area (TPSA) is 91.0 Å². The van der Waals surface area contributed by atoms with E-state index in [1.165, 1.54) is 13.2 Å². The molecule has 19 heavy (non-hydrogen) atoms. The predicted molar refractivity (Wildman–Crippen MR) is 63.3 cm³/mol. The lowest BCUT2D eigenvalue weighted by atomic mass is 10.0. The molecule has 0 aromatic heterocycles. The van der Waals surface area contributed by atoms with E-state index < -0.39 is 17.8 Å². The Kier molecular flexibility index (Phi) is 3.75. The lowest BCUT2D eigenvalue weighted by Gasteiger charge is -2.22. The number of benzene rings is 1. The molecule has 0 saturated carbocycles. The molecule has 7 heteroatoms. The molecule has 1 aromatic rings. The van der Waals surface area contributed by atoms with E-state index in [2.05, 4.69) is 0 Å². The second-order valence-corrected chi connectivity index (χ2v) is 4.06. The van der Waals surface area contributed by atoms with Gasteiger partial charge >= 0.3 is 5.97 Å². The molecule has 1 aromatic carbocycles. The normalized spacial score (nSPS) is 14.9. The molecule has 0 fully saturated rings. The summed E-state index contributed by atoms with van der Waals surface area (Å²) >= 11 is 0. The molecule has 1 heterocycles. The van der Waals surface area contributed by atoms with Crippen molar-refractivity contribution >= 4 is 5.97 Å². The molecule has 1 aliphatic rings. The number of hydrogen-bond acceptors (Lipinski definition) is 5. The highest BCUT2D eigenvalue weighted by Crippen LogP contribution is 2.40. The smallest absolute Gasteiger partial charge is 0.320 e. The third kappa shape index (κ3) is 2.55. The van der Waals surface area contributed by atoms with Crippen molar-refractivity contribution in [2.45, 2.75) is 12.5 Å². The van der Waals surface area contributed by atoms with Crippen LogP contribution in [0.5, 0.6) is 17.2 Å². The number of carboxylic acids is 1. The Morgan fingerprint density at radius 3 is 2.89 bits per heavy atom. The molecule has 0 spiro atoms. The van der Waals surface area contributed by atoms with Crippen molar-refractivity contribution in [3.05, 3.63) is 17.4 Å². The highest BCUT2D eigenvalue weighted by molar-refractivity contribution is 5.74. The summed E-state index contributed by atoms with van der Waals surface area (Å²) in [4.78, 5) is 10.8. The van der Waals surface area contributed by atoms with Crippen LogP contribution in [-0.4, -0.2) is 37.4 Å². The second kappa shape index (κ2) is 5.31. The van der Waals surface area contributed by atoms with Crippen molar-refractivity contribution < 1.29 is 28.5 Å². The van der Waals surface area contributed by atoms with Crippen molar-refractivity contribution in [3.8, 4) is 17.2 Å². The van der Waals surface area contributed by atoms with Crippen molar-refractivity contribution in [2.24, 2.45) is 5.73 Å². The Balaban J connectivity index is 2.42. The molecule has 104 valence electrons. The fraction of sp³-hybridized carbons (Fsp3) is 0.417. The minimum atomic E-state index is -1.17. The third-order valence-electron chi connectivity index (χ3n) is 2.77. The van der Waals surface area contributed by atoms with E-state index in [9.17, 15) is 9.18 Å². The lowest BCUT2D eigenvalue weighted by Crippen LogP contribution is -2.32. The summed E-state index contributed by atoms with van der Waals surface area (Å²) in [5.41, 5.74) is 5.78. The van der Waals surface area contributed by atoms with Gasteiger partial charge in [0, 0.05) is 12.0 Å². The summed E-state index contributed by atoms with van der Waals surface area (Å²) in [5, 5.41) is 8.80. The van der Waals surface area contributed by atoms with Gasteiger partial charge in [0.15, 0.2) is 11.5 Å². The molecule has 1 unspecified atom stereocenters. The predicted octanol–water partition coefficient (Wildman–Crippen LogP) is 0.560. The maximum Gasteiger partial charge on any atom is 0.320 e. The van der Waals surface area contributed by atoms with Gasteiger partial charge in [-0.05, 0) is 6.07 Å². The zero-order valence-corrected chi connectivity index (χ0v) is 10.3. The number of carboxylic acid groups (broad SMARTS) is 1. The number of hydrogen-bond donors (Lipinski definition) is 2. The van der Waals surface area contributed by atoms with Crippen LogP contribution < -0.4 is 19.9 Å². The third-order valence-corrected chi connectivity index (χ3v) is 2.77. The number of halogens is 1. The fourth-order valence-corrected chi connectivity index (χ4v) is 1.88. The summed E-state index contributed by atoms with van der Waals surface area (Å²) in [7, 11) is 1.30. The maximum atomic E-state index is 14.1. The molecule has 0 amide bonds. The number of methoxy groups -OCH3 is 1. The molecule has 0 radical (unpaired) electrons. The standard InChI is InChI=1S/C12H14FNO5/c1-17-10-6(4-7(14)12(15)16)5-8-11(9(10)13)19-3-2-18-8/h5,7H,2-4,14H2,1H3,(H,15,16). The lowest BCUT2D eigenvalue weighted by molar-refractivity contribution is -0.138. The molecule has 6 nitrogen and oxygen atoms in total. The van der Waals surface area contributed by atoms with Crippen LogP contribution in [0.25, 0.3) is 0 Å². The maximum absolute atomic E-state index is 14.1. The van der Waals surface area contributed by atoms with Gasteiger partial charge in [-0.25, -0.2) is 0 Å². The largest absolute Gasteiger partial charge is 0.493 e. The van der Waals surface area contributed by atoms with Gasteiger partial charge < -0.3 is 25.1 Å². The van der Waals surface area contributed by atoms with Crippen LogP contribution in [0.2, 0.25) is 0 Å². The van der Waals surface area contributed by atoms with Gasteiger partial charge in [-0.3, -0.25) is 4.79 Å². The van der Waals surface area contributed by atoms with Crippen molar-refractivity contribution in [1.29, 1.82) is 0 Å². The second-order valence-electron chi connectivity index (χ2n) is 4.06. The molecule has 1 aliphatic heterocycles. The number of aliphatic carboxylic acids is 1. The summed E-state index contributed by atoms with van der Waals surface area (Å²) in [6.07, 6.45) is -0.0634. The number of carbonyl (C=O) groups is 1. The quantitative estimate of drug-likeness (QED) is 0.831. The van der Waals surface area contributed by atoms with E-state index in [4.69, 9.17) is 25.1 Å². The van der Waals surface area contributed by atoms with Crippen LogP contribution in [0.4, 0.5) is 4.39 Å². The highest BCUT2D eigenvalue weighted by atomic mass is 19.1. The van der Waals surface area contributed by atoms with Crippen molar-refractivity contribution in [1.82, 2.24) is 0 Å². The molecule has 3 N–H and O–H groups in total. The van der Waals surface area contributed by atoms with Crippen LogP contribution in [-0.2, 0) is 11.2 Å². The molecule has 2 rings (SSSR count). The number of ether oxygens (including phenoxy) is 3. The Morgan fingerprint density at radius 1 is 1.58 bits per heavy atom. The summed E-state index contributed by atoms with van der Waals surface area (Å²) in [6, 6.07) is 0.356. The average molecular weight is 271 g/mol. The molecular formula is C12H14FNO5. The van der Waals surface area contributed by atoms with Crippen molar-refractivity contribution in [3.63, 3.8) is 0 Å². The molecular weight excluding hydrogens is 257 g/mol. The minimum absolute atomic E-state index is 0.0178. The van der Waals surface area contributed by atoms with Crippen LogP contribution in [0.3, 0.4) is 0 Å². The minimum Gasteiger partial charge on any atom is -0.493 e. The highest BCUT2D eigenvalue weighted by Gasteiger charge is 2.26. The zero-order chi connectivity index (χ0) is 14.0. The Bertz CT molecular complexity index is 505. The Morgan fingerprint density at radius 2 is 2.26 bits per heavy atom. The van der Waals surface area contributed by atoms with Crippen LogP contribution >= 0.6 is 0 Å². The van der Waals surface area contributed by atoms with E-state index in [0.717, 1.165) is 0 Å². The van der Waals surface area contributed by atoms with Gasteiger partial charge in [0.1, 0.15) is 19.3 Å². The first-order valence-corrected chi connectivity index (χ1v) is 5.68. The van der Waals surface area contributed by atoms with E-state index in [1.54, 1.807) is 0 Å². The summed E-state index contributed by atoms with van der Waals surface area (Å²) in [6.45, 7) is 0.560.